The third-order valence-electron chi connectivity index (χ3n) is 2.87. The lowest BCUT2D eigenvalue weighted by molar-refractivity contribution is -0.367. The average molecular weight is 260 g/mol. The molecule has 0 fully saturated rings. The van der Waals surface area contributed by atoms with Crippen LogP contribution in [0.1, 0.15) is 5.56 Å². The molecule has 1 aliphatic heterocycles. The van der Waals surface area contributed by atoms with Crippen molar-refractivity contribution in [3.05, 3.63) is 64.3 Å². The van der Waals surface area contributed by atoms with Gasteiger partial charge in [0.25, 0.3) is 5.69 Å². The zero-order valence-electron chi connectivity index (χ0n) is 9.47. The lowest BCUT2D eigenvalue weighted by Crippen LogP contribution is -2.25. The van der Waals surface area contributed by atoms with Gasteiger partial charge in [-0.15, -0.1) is 0 Å². The Bertz CT molecular complexity index is 620. The van der Waals surface area contributed by atoms with Crippen LogP contribution in [-0.4, -0.2) is 17.1 Å². The Labute approximate surface area is 109 Å². The van der Waals surface area contributed by atoms with Gasteiger partial charge < -0.3 is 9.94 Å². The number of halogens is 1. The van der Waals surface area contributed by atoms with E-state index in [4.69, 9.17) is 16.3 Å². The van der Waals surface area contributed by atoms with E-state index in [1.165, 1.54) is 0 Å². The van der Waals surface area contributed by atoms with Crippen LogP contribution in [0.3, 0.4) is 0 Å². The molecule has 0 N–H and O–H groups in total. The minimum absolute atomic E-state index is 0.266. The summed E-state index contributed by atoms with van der Waals surface area (Å²) < 4.78 is 6.50. The van der Waals surface area contributed by atoms with Gasteiger partial charge in [0, 0.05) is 16.7 Å². The van der Waals surface area contributed by atoms with Crippen molar-refractivity contribution in [3.8, 4) is 5.75 Å². The Hall–Kier alpha value is -2.00. The number of hydrogen-bond acceptors (Lipinski definition) is 2. The molecule has 0 spiro atoms. The summed E-state index contributed by atoms with van der Waals surface area (Å²) in [4.78, 5) is 0. The lowest BCUT2D eigenvalue weighted by atomic mass is 10.1. The van der Waals surface area contributed by atoms with Crippen molar-refractivity contribution in [3.63, 3.8) is 0 Å². The summed E-state index contributed by atoms with van der Waals surface area (Å²) in [5.41, 5.74) is 1.95. The van der Waals surface area contributed by atoms with E-state index >= 15 is 0 Å². The topological polar surface area (TPSA) is 35.3 Å². The highest BCUT2D eigenvalue weighted by molar-refractivity contribution is 6.30. The van der Waals surface area contributed by atoms with Crippen LogP contribution in [0.4, 0.5) is 5.69 Å². The number of fused-ring (bicyclic) bond motifs is 1. The fourth-order valence-corrected chi connectivity index (χ4v) is 2.07. The molecule has 0 saturated heterocycles. The number of nitrogens with zero attached hydrogens (tertiary/aromatic N) is 1. The molecule has 1 heterocycles. The van der Waals surface area contributed by atoms with Crippen LogP contribution in [0.5, 0.6) is 5.75 Å². The molecule has 1 aliphatic rings. The highest BCUT2D eigenvalue weighted by Gasteiger charge is 2.24. The van der Waals surface area contributed by atoms with Gasteiger partial charge in [-0.3, -0.25) is 0 Å². The van der Waals surface area contributed by atoms with Crippen LogP contribution in [0, 0.1) is 5.21 Å². The van der Waals surface area contributed by atoms with Gasteiger partial charge in [0.05, 0.1) is 0 Å². The Morgan fingerprint density at radius 2 is 1.78 bits per heavy atom. The number of benzene rings is 2. The monoisotopic (exact) mass is 259 g/mol. The van der Waals surface area contributed by atoms with Crippen molar-refractivity contribution in [2.24, 2.45) is 0 Å². The van der Waals surface area contributed by atoms with Crippen molar-refractivity contribution >= 4 is 23.0 Å². The molecule has 0 radical (unpaired) electrons. The van der Waals surface area contributed by atoms with Gasteiger partial charge >= 0.3 is 0 Å². The van der Waals surface area contributed by atoms with Gasteiger partial charge in [0.15, 0.2) is 12.4 Å². The maximum atomic E-state index is 12.3. The molecule has 4 heteroatoms. The molecular formula is C14H10ClNO2. The zero-order valence-corrected chi connectivity index (χ0v) is 10.2. The van der Waals surface area contributed by atoms with Crippen molar-refractivity contribution in [1.82, 2.24) is 0 Å². The maximum absolute atomic E-state index is 12.3. The van der Waals surface area contributed by atoms with Crippen LogP contribution in [0.25, 0.3) is 0 Å². The van der Waals surface area contributed by atoms with Crippen molar-refractivity contribution in [2.45, 2.75) is 0 Å². The largest absolute Gasteiger partial charge is 0.618 e. The first-order chi connectivity index (χ1) is 8.75. The Balaban J connectivity index is 2.11. The third-order valence-corrected chi connectivity index (χ3v) is 3.12. The average Bonchev–Trinajstić information content (AvgIpc) is 2.41. The van der Waals surface area contributed by atoms with Crippen molar-refractivity contribution in [2.75, 3.05) is 6.61 Å². The summed E-state index contributed by atoms with van der Waals surface area (Å²) in [6.45, 7) is 0.266. The molecule has 2 aromatic carbocycles. The van der Waals surface area contributed by atoms with E-state index in [0.717, 1.165) is 10.3 Å². The number of ether oxygens (including phenoxy) is 1. The van der Waals surface area contributed by atoms with Crippen LogP contribution in [0.15, 0.2) is 48.5 Å². The standard InChI is InChI=1S/C14H10ClNO2/c15-11-7-5-10(6-8-11)13-9-18-14-4-2-1-3-12(14)16(13)17/h1-8H,9H2. The van der Waals surface area contributed by atoms with Crippen LogP contribution >= 0.6 is 11.6 Å². The quantitative estimate of drug-likeness (QED) is 0.581. The predicted octanol–water partition coefficient (Wildman–Crippen LogP) is 3.36. The van der Waals surface area contributed by atoms with Crippen LogP contribution < -0.4 is 4.74 Å². The first-order valence-corrected chi connectivity index (χ1v) is 5.94. The molecule has 2 aromatic rings. The van der Waals surface area contributed by atoms with E-state index in [0.29, 0.717) is 22.2 Å². The molecule has 3 nitrogen and oxygen atoms in total. The minimum atomic E-state index is 0.266. The van der Waals surface area contributed by atoms with E-state index in [1.807, 2.05) is 24.3 Å². The Morgan fingerprint density at radius 1 is 1.06 bits per heavy atom. The second-order valence-corrected chi connectivity index (χ2v) is 4.44. The fourth-order valence-electron chi connectivity index (χ4n) is 1.94. The van der Waals surface area contributed by atoms with Gasteiger partial charge in [0.2, 0.25) is 5.71 Å². The summed E-state index contributed by atoms with van der Waals surface area (Å²) in [6.07, 6.45) is 0. The summed E-state index contributed by atoms with van der Waals surface area (Å²) in [7, 11) is 0. The second kappa shape index (κ2) is 4.35. The Kier molecular flexibility index (Phi) is 2.68. The van der Waals surface area contributed by atoms with Crippen LogP contribution in [-0.2, 0) is 0 Å². The summed E-state index contributed by atoms with van der Waals surface area (Å²) in [6, 6.07) is 14.4. The maximum Gasteiger partial charge on any atom is 0.259 e. The molecule has 0 saturated carbocycles. The number of rotatable bonds is 1. The van der Waals surface area contributed by atoms with E-state index in [9.17, 15) is 5.21 Å². The molecular weight excluding hydrogens is 250 g/mol. The van der Waals surface area contributed by atoms with Crippen molar-refractivity contribution in [1.29, 1.82) is 0 Å². The van der Waals surface area contributed by atoms with Gasteiger partial charge in [0.1, 0.15) is 0 Å². The van der Waals surface area contributed by atoms with Gasteiger partial charge in [-0.2, -0.15) is 4.74 Å². The molecule has 90 valence electrons. The van der Waals surface area contributed by atoms with E-state index < -0.39 is 0 Å². The SMILES string of the molecule is [O-][N+]1=C(c2ccc(Cl)cc2)COc2ccccc21. The molecule has 0 amide bonds. The summed E-state index contributed by atoms with van der Waals surface area (Å²) >= 11 is 5.84. The Morgan fingerprint density at radius 3 is 2.56 bits per heavy atom. The normalized spacial score (nSPS) is 14.1. The second-order valence-electron chi connectivity index (χ2n) is 4.00. The highest BCUT2D eigenvalue weighted by atomic mass is 35.5. The lowest BCUT2D eigenvalue weighted by Gasteiger charge is -2.18. The first kappa shape index (κ1) is 11.1. The third kappa shape index (κ3) is 1.83. The molecule has 0 bridgehead atoms. The number of para-hydroxylation sites is 2. The summed E-state index contributed by atoms with van der Waals surface area (Å²) in [5, 5.41) is 12.9. The van der Waals surface area contributed by atoms with Crippen molar-refractivity contribution < 1.29 is 9.48 Å². The minimum Gasteiger partial charge on any atom is -0.618 e. The molecule has 0 atom stereocenters. The fraction of sp³-hybridized carbons (Fsp3) is 0.0714. The number of hydrogen-bond donors (Lipinski definition) is 0. The molecule has 0 unspecified atom stereocenters. The van der Waals surface area contributed by atoms with Gasteiger partial charge in [-0.1, -0.05) is 23.7 Å². The highest BCUT2D eigenvalue weighted by Crippen LogP contribution is 2.30. The first-order valence-electron chi connectivity index (χ1n) is 5.56. The van der Waals surface area contributed by atoms with E-state index in [1.54, 1.807) is 24.3 Å². The summed E-state index contributed by atoms with van der Waals surface area (Å²) in [5.74, 6) is 0.616. The van der Waals surface area contributed by atoms with Gasteiger partial charge in [-0.25, -0.2) is 0 Å². The molecule has 0 aromatic heterocycles. The molecule has 18 heavy (non-hydrogen) atoms. The molecule has 0 aliphatic carbocycles. The van der Waals surface area contributed by atoms with E-state index in [2.05, 4.69) is 0 Å². The smallest absolute Gasteiger partial charge is 0.259 e. The van der Waals surface area contributed by atoms with Crippen LogP contribution in [0.2, 0.25) is 5.02 Å². The predicted molar refractivity (Wildman–Crippen MR) is 70.8 cm³/mol. The zero-order chi connectivity index (χ0) is 12.5. The van der Waals surface area contributed by atoms with E-state index in [-0.39, 0.29) is 6.61 Å². The van der Waals surface area contributed by atoms with Gasteiger partial charge in [-0.05, 0) is 30.3 Å². The molecule has 3 rings (SSSR count).